The number of halogens is 1. The average molecular weight is 450 g/mol. The SMILES string of the molecule is CCOc1cc(C=C2C(=O)NN(c3ccccc3)C2=O)cc(I)c1O. The molecule has 0 unspecified atom stereocenters. The number of carbonyl (C=O) groups excluding carboxylic acids is 2. The molecule has 0 atom stereocenters. The molecular formula is C18H15IN2O4. The van der Waals surface area contributed by atoms with Crippen LogP contribution in [0.1, 0.15) is 12.5 Å². The molecule has 0 bridgehead atoms. The number of ether oxygens (including phenoxy) is 1. The van der Waals surface area contributed by atoms with Crippen molar-refractivity contribution in [2.45, 2.75) is 6.92 Å². The number of aromatic hydroxyl groups is 1. The lowest BCUT2D eigenvalue weighted by molar-refractivity contribution is -0.117. The van der Waals surface area contributed by atoms with Crippen molar-refractivity contribution in [3.05, 3.63) is 57.2 Å². The van der Waals surface area contributed by atoms with Crippen LogP contribution < -0.4 is 15.2 Å². The third-order valence-electron chi connectivity index (χ3n) is 3.57. The minimum Gasteiger partial charge on any atom is -0.504 e. The standard InChI is InChI=1S/C18H15IN2O4/c1-2-25-15-10-11(9-14(19)16(15)22)8-13-17(23)20-21(18(13)24)12-6-4-3-5-7-12/h3-10,22H,2H2,1H3,(H,20,23). The van der Waals surface area contributed by atoms with Gasteiger partial charge in [-0.15, -0.1) is 0 Å². The van der Waals surface area contributed by atoms with Gasteiger partial charge in [-0.1, -0.05) is 18.2 Å². The Morgan fingerprint density at radius 1 is 1.24 bits per heavy atom. The molecule has 0 saturated carbocycles. The number of amides is 2. The van der Waals surface area contributed by atoms with E-state index in [-0.39, 0.29) is 11.3 Å². The number of hydrazine groups is 1. The van der Waals surface area contributed by atoms with E-state index in [4.69, 9.17) is 4.74 Å². The number of para-hydroxylation sites is 1. The molecule has 2 N–H and O–H groups in total. The lowest BCUT2D eigenvalue weighted by atomic mass is 10.1. The van der Waals surface area contributed by atoms with Crippen LogP contribution in [-0.4, -0.2) is 23.5 Å². The van der Waals surface area contributed by atoms with Crippen molar-refractivity contribution in [2.75, 3.05) is 11.6 Å². The monoisotopic (exact) mass is 450 g/mol. The lowest BCUT2D eigenvalue weighted by Crippen LogP contribution is -2.35. The molecule has 0 spiro atoms. The van der Waals surface area contributed by atoms with Gasteiger partial charge in [0, 0.05) is 0 Å². The van der Waals surface area contributed by atoms with Gasteiger partial charge in [0.25, 0.3) is 11.8 Å². The molecule has 1 aliphatic rings. The van der Waals surface area contributed by atoms with Crippen molar-refractivity contribution in [2.24, 2.45) is 0 Å². The van der Waals surface area contributed by atoms with Crippen LogP contribution in [0.5, 0.6) is 11.5 Å². The molecule has 25 heavy (non-hydrogen) atoms. The number of nitrogens with one attached hydrogen (secondary N) is 1. The maximum absolute atomic E-state index is 12.6. The summed E-state index contributed by atoms with van der Waals surface area (Å²) in [5.41, 5.74) is 3.75. The van der Waals surface area contributed by atoms with E-state index >= 15 is 0 Å². The molecule has 0 aromatic heterocycles. The van der Waals surface area contributed by atoms with Crippen LogP contribution in [0.3, 0.4) is 0 Å². The van der Waals surface area contributed by atoms with E-state index in [1.807, 2.05) is 35.6 Å². The van der Waals surface area contributed by atoms with Crippen molar-refractivity contribution < 1.29 is 19.4 Å². The summed E-state index contributed by atoms with van der Waals surface area (Å²) in [5, 5.41) is 11.2. The molecule has 2 amide bonds. The molecule has 1 fully saturated rings. The Hall–Kier alpha value is -2.55. The number of nitrogens with zero attached hydrogens (tertiary/aromatic N) is 1. The Morgan fingerprint density at radius 2 is 1.96 bits per heavy atom. The van der Waals surface area contributed by atoms with Crippen LogP contribution in [-0.2, 0) is 9.59 Å². The first-order chi connectivity index (χ1) is 12.0. The summed E-state index contributed by atoms with van der Waals surface area (Å²) in [7, 11) is 0. The fourth-order valence-corrected chi connectivity index (χ4v) is 3.05. The average Bonchev–Trinajstić information content (AvgIpc) is 2.88. The van der Waals surface area contributed by atoms with E-state index in [9.17, 15) is 14.7 Å². The number of hydrogen-bond acceptors (Lipinski definition) is 4. The number of phenolic OH excluding ortho intramolecular Hbond substituents is 1. The van der Waals surface area contributed by atoms with E-state index in [1.54, 1.807) is 36.4 Å². The number of hydrogen-bond donors (Lipinski definition) is 2. The fraction of sp³-hybridized carbons (Fsp3) is 0.111. The van der Waals surface area contributed by atoms with Gasteiger partial charge in [-0.3, -0.25) is 15.0 Å². The van der Waals surface area contributed by atoms with Crippen molar-refractivity contribution in [1.29, 1.82) is 0 Å². The predicted molar refractivity (Wildman–Crippen MR) is 102 cm³/mol. The fourth-order valence-electron chi connectivity index (χ4n) is 2.43. The quantitative estimate of drug-likeness (QED) is 0.427. The highest BCUT2D eigenvalue weighted by Gasteiger charge is 2.34. The zero-order chi connectivity index (χ0) is 18.0. The first-order valence-electron chi connectivity index (χ1n) is 7.58. The first-order valence-corrected chi connectivity index (χ1v) is 8.66. The largest absolute Gasteiger partial charge is 0.504 e. The van der Waals surface area contributed by atoms with E-state index in [2.05, 4.69) is 5.43 Å². The summed E-state index contributed by atoms with van der Waals surface area (Å²) in [6.45, 7) is 2.20. The maximum atomic E-state index is 12.6. The maximum Gasteiger partial charge on any atom is 0.282 e. The lowest BCUT2D eigenvalue weighted by Gasteiger charge is -2.13. The van der Waals surface area contributed by atoms with Crippen LogP contribution in [0.25, 0.3) is 6.08 Å². The third kappa shape index (κ3) is 3.46. The predicted octanol–water partition coefficient (Wildman–Crippen LogP) is 2.86. The number of anilines is 1. The summed E-state index contributed by atoms with van der Waals surface area (Å²) in [6.07, 6.45) is 1.49. The highest BCUT2D eigenvalue weighted by atomic mass is 127. The normalized spacial score (nSPS) is 15.6. The van der Waals surface area contributed by atoms with Crippen molar-refractivity contribution in [3.8, 4) is 11.5 Å². The summed E-state index contributed by atoms with van der Waals surface area (Å²) in [4.78, 5) is 24.8. The molecule has 1 heterocycles. The van der Waals surface area contributed by atoms with Crippen LogP contribution >= 0.6 is 22.6 Å². The minimum atomic E-state index is -0.477. The zero-order valence-corrected chi connectivity index (χ0v) is 15.5. The topological polar surface area (TPSA) is 78.9 Å². The molecular weight excluding hydrogens is 435 g/mol. The van der Waals surface area contributed by atoms with Crippen LogP contribution in [0.4, 0.5) is 5.69 Å². The van der Waals surface area contributed by atoms with E-state index < -0.39 is 11.8 Å². The summed E-state index contributed by atoms with van der Waals surface area (Å²) >= 11 is 1.97. The van der Waals surface area contributed by atoms with Gasteiger partial charge >= 0.3 is 0 Å². The Kier molecular flexibility index (Phi) is 4.93. The highest BCUT2D eigenvalue weighted by molar-refractivity contribution is 14.1. The summed E-state index contributed by atoms with van der Waals surface area (Å²) < 4.78 is 5.96. The molecule has 3 rings (SSSR count). The molecule has 128 valence electrons. The Labute approximate surface area is 158 Å². The highest BCUT2D eigenvalue weighted by Crippen LogP contribution is 2.34. The first kappa shape index (κ1) is 17.3. The van der Waals surface area contributed by atoms with Gasteiger partial charge in [0.2, 0.25) is 0 Å². The third-order valence-corrected chi connectivity index (χ3v) is 4.39. The van der Waals surface area contributed by atoms with Crippen LogP contribution in [0, 0.1) is 3.57 Å². The van der Waals surface area contributed by atoms with Gasteiger partial charge in [-0.2, -0.15) is 0 Å². The number of benzene rings is 2. The van der Waals surface area contributed by atoms with E-state index in [0.717, 1.165) is 0 Å². The summed E-state index contributed by atoms with van der Waals surface area (Å²) in [5.74, 6) is -0.558. The Balaban J connectivity index is 1.96. The molecule has 2 aromatic carbocycles. The number of rotatable bonds is 4. The molecule has 0 aliphatic carbocycles. The molecule has 1 saturated heterocycles. The second-order valence-corrected chi connectivity index (χ2v) is 6.42. The number of phenols is 1. The molecule has 1 aliphatic heterocycles. The van der Waals surface area contributed by atoms with Crippen molar-refractivity contribution in [3.63, 3.8) is 0 Å². The van der Waals surface area contributed by atoms with Gasteiger partial charge in [-0.05, 0) is 65.4 Å². The second kappa shape index (κ2) is 7.14. The van der Waals surface area contributed by atoms with Gasteiger partial charge in [0.1, 0.15) is 5.57 Å². The zero-order valence-electron chi connectivity index (χ0n) is 13.3. The number of carbonyl (C=O) groups is 2. The van der Waals surface area contributed by atoms with E-state index in [0.29, 0.717) is 27.2 Å². The van der Waals surface area contributed by atoms with Crippen molar-refractivity contribution >= 4 is 46.2 Å². The van der Waals surface area contributed by atoms with Gasteiger partial charge in [0.05, 0.1) is 15.9 Å². The van der Waals surface area contributed by atoms with E-state index in [1.165, 1.54) is 11.1 Å². The Bertz CT molecular complexity index is 865. The molecule has 7 heteroatoms. The minimum absolute atomic E-state index is 0.0211. The smallest absolute Gasteiger partial charge is 0.282 e. The van der Waals surface area contributed by atoms with Crippen molar-refractivity contribution in [1.82, 2.24) is 5.43 Å². The molecule has 2 aromatic rings. The Morgan fingerprint density at radius 3 is 2.64 bits per heavy atom. The van der Waals surface area contributed by atoms with Crippen LogP contribution in [0.15, 0.2) is 48.0 Å². The van der Waals surface area contributed by atoms with Gasteiger partial charge < -0.3 is 9.84 Å². The van der Waals surface area contributed by atoms with Gasteiger partial charge in [-0.25, -0.2) is 5.01 Å². The van der Waals surface area contributed by atoms with Crippen LogP contribution in [0.2, 0.25) is 0 Å². The second-order valence-electron chi connectivity index (χ2n) is 5.26. The molecule has 0 radical (unpaired) electrons. The summed E-state index contributed by atoms with van der Waals surface area (Å²) in [6, 6.07) is 12.1. The molecule has 6 nitrogen and oxygen atoms in total. The van der Waals surface area contributed by atoms with Gasteiger partial charge in [0.15, 0.2) is 11.5 Å².